The predicted molar refractivity (Wildman–Crippen MR) is 206 cm³/mol. The molecule has 0 aliphatic heterocycles. The predicted octanol–water partition coefficient (Wildman–Crippen LogP) is 13.0. The van der Waals surface area contributed by atoms with Crippen LogP contribution in [0.4, 0.5) is 17.1 Å². The largest absolute Gasteiger partial charge is 0.456 e. The second kappa shape index (κ2) is 11.0. The van der Waals surface area contributed by atoms with Crippen LogP contribution in [0.5, 0.6) is 0 Å². The maximum atomic E-state index is 6.37. The summed E-state index contributed by atoms with van der Waals surface area (Å²) in [6, 6.07) is 65.0. The van der Waals surface area contributed by atoms with E-state index in [9.17, 15) is 0 Å². The third kappa shape index (κ3) is 4.37. The molecular weight excluding hydrogens is 597 g/mol. The van der Waals surface area contributed by atoms with Gasteiger partial charge in [-0.2, -0.15) is 0 Å². The van der Waals surface area contributed by atoms with Crippen LogP contribution in [0.1, 0.15) is 0 Å². The Kier molecular flexibility index (Phi) is 6.18. The van der Waals surface area contributed by atoms with Crippen molar-refractivity contribution in [2.45, 2.75) is 0 Å². The van der Waals surface area contributed by atoms with E-state index < -0.39 is 0 Å². The molecule has 10 rings (SSSR count). The molecule has 0 amide bonds. The van der Waals surface area contributed by atoms with E-state index in [1.807, 2.05) is 12.1 Å². The number of hydrogen-bond donors (Lipinski definition) is 0. The SMILES string of the molecule is c1ccc(-c2cc3ccccc3c3c2c2cc(N(c4ccccc4)c4ccc5c(c4)oc4ccccc45)ccc2n3-c2ccccc2)cc1. The Morgan fingerprint density at radius 1 is 0.429 bits per heavy atom. The van der Waals surface area contributed by atoms with Crippen LogP contribution in [-0.2, 0) is 0 Å². The highest BCUT2D eigenvalue weighted by molar-refractivity contribution is 6.24. The summed E-state index contributed by atoms with van der Waals surface area (Å²) in [5, 5.41) is 7.14. The van der Waals surface area contributed by atoms with Crippen molar-refractivity contribution in [3.05, 3.63) is 182 Å². The lowest BCUT2D eigenvalue weighted by Gasteiger charge is -2.25. The first-order valence-electron chi connectivity index (χ1n) is 16.7. The molecular formula is C46H30N2O. The fourth-order valence-corrected chi connectivity index (χ4v) is 7.58. The highest BCUT2D eigenvalue weighted by atomic mass is 16.3. The number of furan rings is 1. The van der Waals surface area contributed by atoms with Gasteiger partial charge in [-0.15, -0.1) is 0 Å². The number of hydrogen-bond acceptors (Lipinski definition) is 2. The van der Waals surface area contributed by atoms with Crippen LogP contribution in [-0.4, -0.2) is 4.57 Å². The van der Waals surface area contributed by atoms with Crippen molar-refractivity contribution in [2.75, 3.05) is 4.90 Å². The van der Waals surface area contributed by atoms with E-state index in [1.165, 1.54) is 43.7 Å². The van der Waals surface area contributed by atoms with Gasteiger partial charge in [0.2, 0.25) is 0 Å². The van der Waals surface area contributed by atoms with Gasteiger partial charge in [-0.25, -0.2) is 0 Å². The van der Waals surface area contributed by atoms with Crippen LogP contribution in [0.25, 0.3) is 71.3 Å². The van der Waals surface area contributed by atoms with Gasteiger partial charge in [-0.1, -0.05) is 109 Å². The van der Waals surface area contributed by atoms with E-state index in [0.29, 0.717) is 0 Å². The minimum atomic E-state index is 0.874. The van der Waals surface area contributed by atoms with Crippen LogP contribution in [0.15, 0.2) is 186 Å². The van der Waals surface area contributed by atoms with E-state index in [4.69, 9.17) is 4.42 Å². The maximum absolute atomic E-state index is 6.37. The zero-order chi connectivity index (χ0) is 32.3. The van der Waals surface area contributed by atoms with Crippen molar-refractivity contribution in [3.63, 3.8) is 0 Å². The summed E-state index contributed by atoms with van der Waals surface area (Å²) in [6.45, 7) is 0. The lowest BCUT2D eigenvalue weighted by molar-refractivity contribution is 0.669. The second-order valence-electron chi connectivity index (χ2n) is 12.6. The molecule has 0 aliphatic carbocycles. The summed E-state index contributed by atoms with van der Waals surface area (Å²) in [5.41, 5.74) is 10.9. The van der Waals surface area contributed by atoms with Gasteiger partial charge in [0.15, 0.2) is 0 Å². The fourth-order valence-electron chi connectivity index (χ4n) is 7.58. The van der Waals surface area contributed by atoms with Crippen molar-refractivity contribution in [2.24, 2.45) is 0 Å². The molecule has 0 bridgehead atoms. The Bertz CT molecular complexity index is 2810. The van der Waals surface area contributed by atoms with Crippen LogP contribution < -0.4 is 4.90 Å². The highest BCUT2D eigenvalue weighted by Crippen LogP contribution is 2.45. The van der Waals surface area contributed by atoms with Gasteiger partial charge in [0.25, 0.3) is 0 Å². The van der Waals surface area contributed by atoms with Crippen molar-refractivity contribution >= 4 is 71.6 Å². The number of anilines is 3. The molecule has 0 saturated heterocycles. The lowest BCUT2D eigenvalue weighted by Crippen LogP contribution is -2.09. The molecule has 0 fully saturated rings. The molecule has 0 saturated carbocycles. The summed E-state index contributed by atoms with van der Waals surface area (Å²) in [6.07, 6.45) is 0. The van der Waals surface area contributed by atoms with Crippen molar-refractivity contribution < 1.29 is 4.42 Å². The van der Waals surface area contributed by atoms with Gasteiger partial charge < -0.3 is 13.9 Å². The van der Waals surface area contributed by atoms with E-state index in [1.54, 1.807) is 0 Å². The fraction of sp³-hybridized carbons (Fsp3) is 0. The molecule has 0 unspecified atom stereocenters. The third-order valence-corrected chi connectivity index (χ3v) is 9.73. The van der Waals surface area contributed by atoms with Crippen molar-refractivity contribution in [1.82, 2.24) is 4.57 Å². The molecule has 3 nitrogen and oxygen atoms in total. The average Bonchev–Trinajstić information content (AvgIpc) is 3.71. The molecule has 3 heteroatoms. The summed E-state index contributed by atoms with van der Waals surface area (Å²) in [4.78, 5) is 2.33. The summed E-state index contributed by atoms with van der Waals surface area (Å²) in [5.74, 6) is 0. The number of rotatable bonds is 5. The molecule has 0 N–H and O–H groups in total. The first-order valence-corrected chi connectivity index (χ1v) is 16.7. The van der Waals surface area contributed by atoms with Crippen LogP contribution in [0.2, 0.25) is 0 Å². The van der Waals surface area contributed by atoms with Crippen molar-refractivity contribution in [3.8, 4) is 16.8 Å². The molecule has 49 heavy (non-hydrogen) atoms. The Hall–Kier alpha value is -6.58. The molecule has 2 aromatic heterocycles. The maximum Gasteiger partial charge on any atom is 0.137 e. The highest BCUT2D eigenvalue weighted by Gasteiger charge is 2.22. The van der Waals surface area contributed by atoms with Gasteiger partial charge in [0.1, 0.15) is 11.2 Å². The topological polar surface area (TPSA) is 21.3 Å². The van der Waals surface area contributed by atoms with Gasteiger partial charge in [-0.3, -0.25) is 0 Å². The standard InChI is InChI=1S/C46H30N2O/c1-4-14-31(15-5-1)40-28-32-16-10-11-21-37(32)46-45(40)41-29-35(25-27-42(41)48(46)34-19-8-3-9-20-34)47(33-17-6-2-7-18-33)36-24-26-39-38-22-12-13-23-43(38)49-44(39)30-36/h1-30H. The molecule has 0 atom stereocenters. The first kappa shape index (κ1) is 27.5. The lowest BCUT2D eigenvalue weighted by atomic mass is 9.95. The summed E-state index contributed by atoms with van der Waals surface area (Å²) < 4.78 is 8.81. The van der Waals surface area contributed by atoms with Gasteiger partial charge >= 0.3 is 0 Å². The molecule has 230 valence electrons. The van der Waals surface area contributed by atoms with Gasteiger partial charge in [0, 0.05) is 55.7 Å². The Balaban J connectivity index is 1.30. The minimum Gasteiger partial charge on any atom is -0.456 e. The molecule has 8 aromatic carbocycles. The van der Waals surface area contributed by atoms with E-state index in [2.05, 4.69) is 179 Å². The second-order valence-corrected chi connectivity index (χ2v) is 12.6. The Labute approximate surface area is 283 Å². The number of benzene rings is 8. The van der Waals surface area contributed by atoms with E-state index >= 15 is 0 Å². The molecule has 2 heterocycles. The molecule has 10 aromatic rings. The Morgan fingerprint density at radius 3 is 1.88 bits per heavy atom. The molecule has 0 radical (unpaired) electrons. The van der Waals surface area contributed by atoms with E-state index in [0.717, 1.165) is 44.7 Å². The monoisotopic (exact) mass is 626 g/mol. The van der Waals surface area contributed by atoms with E-state index in [-0.39, 0.29) is 0 Å². The van der Waals surface area contributed by atoms with Crippen molar-refractivity contribution in [1.29, 1.82) is 0 Å². The number of nitrogens with zero attached hydrogens (tertiary/aromatic N) is 2. The minimum absolute atomic E-state index is 0.874. The van der Waals surface area contributed by atoms with Crippen LogP contribution in [0.3, 0.4) is 0 Å². The van der Waals surface area contributed by atoms with Crippen LogP contribution in [0, 0.1) is 0 Å². The normalized spacial score (nSPS) is 11.7. The smallest absolute Gasteiger partial charge is 0.137 e. The Morgan fingerprint density at radius 2 is 1.06 bits per heavy atom. The van der Waals surface area contributed by atoms with Gasteiger partial charge in [-0.05, 0) is 83.2 Å². The number of aromatic nitrogens is 1. The summed E-state index contributed by atoms with van der Waals surface area (Å²) in [7, 11) is 0. The van der Waals surface area contributed by atoms with Crippen LogP contribution >= 0.6 is 0 Å². The average molecular weight is 627 g/mol. The zero-order valence-corrected chi connectivity index (χ0v) is 26.6. The molecule has 0 aliphatic rings. The quantitative estimate of drug-likeness (QED) is 0.190. The summed E-state index contributed by atoms with van der Waals surface area (Å²) >= 11 is 0. The third-order valence-electron chi connectivity index (χ3n) is 9.73. The first-order chi connectivity index (χ1) is 24.3. The van der Waals surface area contributed by atoms with Gasteiger partial charge in [0.05, 0.1) is 11.0 Å². The number of fused-ring (bicyclic) bond motifs is 8. The zero-order valence-electron chi connectivity index (χ0n) is 26.6. The number of para-hydroxylation sites is 3. The molecule has 0 spiro atoms.